The van der Waals surface area contributed by atoms with Crippen LogP contribution in [0.15, 0.2) is 30.3 Å². The van der Waals surface area contributed by atoms with Gasteiger partial charge in [0.15, 0.2) is 0 Å². The molecule has 1 fully saturated rings. The molecule has 7 nitrogen and oxygen atoms in total. The number of anilines is 2. The van der Waals surface area contributed by atoms with Crippen LogP contribution in [0.25, 0.3) is 0 Å². The van der Waals surface area contributed by atoms with Gasteiger partial charge in [0.1, 0.15) is 5.82 Å². The fourth-order valence-corrected chi connectivity index (χ4v) is 3.18. The summed E-state index contributed by atoms with van der Waals surface area (Å²) < 4.78 is 1.63. The Labute approximate surface area is 153 Å². The molecule has 0 bridgehead atoms. The quantitative estimate of drug-likeness (QED) is 0.863. The maximum Gasteiger partial charge on any atom is 0.255 e. The van der Waals surface area contributed by atoms with Gasteiger partial charge in [-0.3, -0.25) is 14.3 Å². The highest BCUT2D eigenvalue weighted by Gasteiger charge is 2.20. The van der Waals surface area contributed by atoms with E-state index in [9.17, 15) is 9.59 Å². The van der Waals surface area contributed by atoms with Crippen molar-refractivity contribution >= 4 is 23.3 Å². The number of benzene rings is 1. The van der Waals surface area contributed by atoms with E-state index in [0.717, 1.165) is 31.6 Å². The molecule has 0 saturated carbocycles. The maximum absolute atomic E-state index is 12.8. The predicted molar refractivity (Wildman–Crippen MR) is 101 cm³/mol. The number of amides is 2. The molecule has 138 valence electrons. The molecule has 0 spiro atoms. The SMILES string of the molecule is Cc1cc(NC(=O)CNc2ccccc2C(=O)N2CCCCC2)n(C)n1. The number of aryl methyl sites for hydroxylation is 2. The van der Waals surface area contributed by atoms with Crippen LogP contribution in [-0.4, -0.2) is 46.1 Å². The van der Waals surface area contributed by atoms with Crippen LogP contribution < -0.4 is 10.6 Å². The van der Waals surface area contributed by atoms with Crippen LogP contribution in [0.2, 0.25) is 0 Å². The fourth-order valence-electron chi connectivity index (χ4n) is 3.18. The molecule has 0 radical (unpaired) electrons. The molecule has 2 aromatic rings. The van der Waals surface area contributed by atoms with Crippen LogP contribution in [0.1, 0.15) is 35.3 Å². The van der Waals surface area contributed by atoms with Gasteiger partial charge < -0.3 is 15.5 Å². The Morgan fingerprint density at radius 1 is 1.15 bits per heavy atom. The van der Waals surface area contributed by atoms with Crippen molar-refractivity contribution in [3.8, 4) is 0 Å². The number of likely N-dealkylation sites (tertiary alicyclic amines) is 1. The van der Waals surface area contributed by atoms with E-state index in [1.165, 1.54) is 6.42 Å². The number of hydrogen-bond donors (Lipinski definition) is 2. The van der Waals surface area contributed by atoms with Gasteiger partial charge in [-0.2, -0.15) is 5.10 Å². The average molecular weight is 355 g/mol. The number of nitrogens with one attached hydrogen (secondary N) is 2. The van der Waals surface area contributed by atoms with E-state index >= 15 is 0 Å². The zero-order chi connectivity index (χ0) is 18.5. The van der Waals surface area contributed by atoms with Crippen molar-refractivity contribution in [1.82, 2.24) is 14.7 Å². The molecular formula is C19H25N5O2. The summed E-state index contributed by atoms with van der Waals surface area (Å²) in [5.41, 5.74) is 2.13. The molecule has 3 rings (SSSR count). The largest absolute Gasteiger partial charge is 0.375 e. The summed E-state index contributed by atoms with van der Waals surface area (Å²) >= 11 is 0. The lowest BCUT2D eigenvalue weighted by Gasteiger charge is -2.27. The second kappa shape index (κ2) is 8.03. The zero-order valence-corrected chi connectivity index (χ0v) is 15.3. The first-order valence-corrected chi connectivity index (χ1v) is 8.97. The smallest absolute Gasteiger partial charge is 0.255 e. The first-order chi connectivity index (χ1) is 12.5. The molecule has 1 aliphatic rings. The molecule has 1 aromatic heterocycles. The molecule has 0 aliphatic carbocycles. The van der Waals surface area contributed by atoms with E-state index in [0.29, 0.717) is 17.1 Å². The second-order valence-corrected chi connectivity index (χ2v) is 6.59. The Balaban J connectivity index is 1.63. The van der Waals surface area contributed by atoms with E-state index in [2.05, 4.69) is 15.7 Å². The number of piperidine rings is 1. The van der Waals surface area contributed by atoms with Gasteiger partial charge in [0.2, 0.25) is 5.91 Å². The van der Waals surface area contributed by atoms with Crippen LogP contribution in [0.3, 0.4) is 0 Å². The number of carbonyl (C=O) groups excluding carboxylic acids is 2. The van der Waals surface area contributed by atoms with Gasteiger partial charge in [0, 0.05) is 31.9 Å². The van der Waals surface area contributed by atoms with Crippen LogP contribution >= 0.6 is 0 Å². The van der Waals surface area contributed by atoms with E-state index in [1.54, 1.807) is 11.7 Å². The first kappa shape index (κ1) is 18.0. The van der Waals surface area contributed by atoms with Crippen molar-refractivity contribution in [2.75, 3.05) is 30.3 Å². The highest BCUT2D eigenvalue weighted by atomic mass is 16.2. The van der Waals surface area contributed by atoms with E-state index in [4.69, 9.17) is 0 Å². The Morgan fingerprint density at radius 3 is 2.58 bits per heavy atom. The standard InChI is InChI=1S/C19H25N5O2/c1-14-12-17(23(2)22-14)21-18(25)13-20-16-9-5-4-8-15(16)19(26)24-10-6-3-7-11-24/h4-5,8-9,12,20H,3,6-7,10-11,13H2,1-2H3,(H,21,25). The Bertz CT molecular complexity index is 793. The third-order valence-corrected chi connectivity index (χ3v) is 4.51. The zero-order valence-electron chi connectivity index (χ0n) is 15.3. The van der Waals surface area contributed by atoms with Crippen LogP contribution in [0, 0.1) is 6.92 Å². The third kappa shape index (κ3) is 4.22. The second-order valence-electron chi connectivity index (χ2n) is 6.59. The lowest BCUT2D eigenvalue weighted by Crippen LogP contribution is -2.36. The summed E-state index contributed by atoms with van der Waals surface area (Å²) in [6.45, 7) is 3.55. The van der Waals surface area contributed by atoms with Crippen LogP contribution in [0.5, 0.6) is 0 Å². The highest BCUT2D eigenvalue weighted by molar-refractivity contribution is 6.00. The van der Waals surface area contributed by atoms with Crippen molar-refractivity contribution in [3.63, 3.8) is 0 Å². The topological polar surface area (TPSA) is 79.3 Å². The van der Waals surface area contributed by atoms with Gasteiger partial charge in [-0.05, 0) is 38.3 Å². The Kier molecular flexibility index (Phi) is 5.55. The molecular weight excluding hydrogens is 330 g/mol. The number of para-hydroxylation sites is 1. The number of hydrogen-bond acceptors (Lipinski definition) is 4. The minimum absolute atomic E-state index is 0.0236. The number of aromatic nitrogens is 2. The molecule has 0 unspecified atom stereocenters. The molecule has 1 aromatic carbocycles. The fraction of sp³-hybridized carbons (Fsp3) is 0.421. The Morgan fingerprint density at radius 2 is 1.88 bits per heavy atom. The van der Waals surface area contributed by atoms with Gasteiger partial charge in [0.25, 0.3) is 5.91 Å². The van der Waals surface area contributed by atoms with E-state index < -0.39 is 0 Å². The summed E-state index contributed by atoms with van der Waals surface area (Å²) in [6, 6.07) is 9.16. The van der Waals surface area contributed by atoms with E-state index in [1.807, 2.05) is 42.2 Å². The number of carbonyl (C=O) groups is 2. The minimum Gasteiger partial charge on any atom is -0.375 e. The maximum atomic E-state index is 12.8. The molecule has 2 heterocycles. The normalized spacial score (nSPS) is 14.2. The predicted octanol–water partition coefficient (Wildman–Crippen LogP) is 2.41. The lowest BCUT2D eigenvalue weighted by atomic mass is 10.1. The van der Waals surface area contributed by atoms with E-state index in [-0.39, 0.29) is 18.4 Å². The van der Waals surface area contributed by atoms with Crippen LogP contribution in [-0.2, 0) is 11.8 Å². The molecule has 1 saturated heterocycles. The third-order valence-electron chi connectivity index (χ3n) is 4.51. The van der Waals surface area contributed by atoms with Crippen molar-refractivity contribution < 1.29 is 9.59 Å². The van der Waals surface area contributed by atoms with Gasteiger partial charge in [-0.15, -0.1) is 0 Å². The molecule has 2 N–H and O–H groups in total. The molecule has 1 aliphatic heterocycles. The van der Waals surface area contributed by atoms with Gasteiger partial charge in [-0.25, -0.2) is 0 Å². The highest BCUT2D eigenvalue weighted by Crippen LogP contribution is 2.20. The monoisotopic (exact) mass is 355 g/mol. The summed E-state index contributed by atoms with van der Waals surface area (Å²) in [5.74, 6) is 0.482. The molecule has 26 heavy (non-hydrogen) atoms. The van der Waals surface area contributed by atoms with Crippen molar-refractivity contribution in [1.29, 1.82) is 0 Å². The summed E-state index contributed by atoms with van der Waals surface area (Å²) in [4.78, 5) is 26.9. The first-order valence-electron chi connectivity index (χ1n) is 8.97. The molecule has 0 atom stereocenters. The molecule has 7 heteroatoms. The van der Waals surface area contributed by atoms with Gasteiger partial charge >= 0.3 is 0 Å². The minimum atomic E-state index is -0.187. The summed E-state index contributed by atoms with van der Waals surface area (Å²) in [5, 5.41) is 10.1. The van der Waals surface area contributed by atoms with Crippen molar-refractivity contribution in [3.05, 3.63) is 41.6 Å². The Hall–Kier alpha value is -2.83. The summed E-state index contributed by atoms with van der Waals surface area (Å²) in [6.07, 6.45) is 3.28. The molecule has 2 amide bonds. The van der Waals surface area contributed by atoms with Crippen LogP contribution in [0.4, 0.5) is 11.5 Å². The number of rotatable bonds is 5. The average Bonchev–Trinajstić information content (AvgIpc) is 2.97. The van der Waals surface area contributed by atoms with Crippen molar-refractivity contribution in [2.45, 2.75) is 26.2 Å². The lowest BCUT2D eigenvalue weighted by molar-refractivity contribution is -0.114. The summed E-state index contributed by atoms with van der Waals surface area (Å²) in [7, 11) is 1.78. The number of nitrogens with zero attached hydrogens (tertiary/aromatic N) is 3. The van der Waals surface area contributed by atoms with Gasteiger partial charge in [-0.1, -0.05) is 12.1 Å². The van der Waals surface area contributed by atoms with Crippen molar-refractivity contribution in [2.24, 2.45) is 7.05 Å². The van der Waals surface area contributed by atoms with Gasteiger partial charge in [0.05, 0.1) is 17.8 Å².